The Morgan fingerprint density at radius 3 is 3.15 bits per heavy atom. The van der Waals surface area contributed by atoms with Crippen LogP contribution < -0.4 is 10.3 Å². The number of nitrogens with zero attached hydrogens (tertiary/aromatic N) is 2. The highest BCUT2D eigenvalue weighted by atomic mass is 35.5. The lowest BCUT2D eigenvalue weighted by molar-refractivity contribution is -0.136. The minimum absolute atomic E-state index is 0.0521. The van der Waals surface area contributed by atoms with Gasteiger partial charge in [-0.05, 0) is 41.6 Å². The summed E-state index contributed by atoms with van der Waals surface area (Å²) < 4.78 is 6.30. The molecule has 1 N–H and O–H groups in total. The van der Waals surface area contributed by atoms with Gasteiger partial charge in [0, 0.05) is 12.1 Å². The Labute approximate surface area is 158 Å². The fourth-order valence-electron chi connectivity index (χ4n) is 3.13. The molecule has 4 rings (SSSR count). The number of rotatable bonds is 3. The molecule has 1 unspecified atom stereocenters. The molecule has 0 saturated carbocycles. The summed E-state index contributed by atoms with van der Waals surface area (Å²) in [6.45, 7) is 0.560. The third-order valence-corrected chi connectivity index (χ3v) is 5.54. The van der Waals surface area contributed by atoms with Crippen LogP contribution in [0.15, 0.2) is 34.4 Å². The molecular weight excluding hydrogens is 374 g/mol. The summed E-state index contributed by atoms with van der Waals surface area (Å²) in [6, 6.07) is 7.24. The van der Waals surface area contributed by atoms with Gasteiger partial charge in [-0.15, -0.1) is 11.3 Å². The van der Waals surface area contributed by atoms with Gasteiger partial charge in [0.15, 0.2) is 0 Å². The highest BCUT2D eigenvalue weighted by Gasteiger charge is 2.28. The summed E-state index contributed by atoms with van der Waals surface area (Å²) >= 11 is 7.39. The summed E-state index contributed by atoms with van der Waals surface area (Å²) in [6.07, 6.45) is 0.576. The fourth-order valence-corrected chi connectivity index (χ4v) is 4.05. The van der Waals surface area contributed by atoms with Crippen LogP contribution in [-0.2, 0) is 17.8 Å². The fraction of sp³-hybridized carbons (Fsp3) is 0.278. The number of amides is 1. The van der Waals surface area contributed by atoms with Gasteiger partial charge in [-0.2, -0.15) is 0 Å². The number of hydrogen-bond acceptors (Lipinski definition) is 5. The number of aromatic nitrogens is 2. The van der Waals surface area contributed by atoms with Gasteiger partial charge in [0.25, 0.3) is 5.56 Å². The molecule has 8 heteroatoms. The predicted octanol–water partition coefficient (Wildman–Crippen LogP) is 2.85. The monoisotopic (exact) mass is 389 g/mol. The topological polar surface area (TPSA) is 75.3 Å². The van der Waals surface area contributed by atoms with Crippen molar-refractivity contribution >= 4 is 39.1 Å². The smallest absolute Gasteiger partial charge is 0.268 e. The second kappa shape index (κ2) is 6.74. The number of carbonyl (C=O) groups excluding carboxylic acids is 1. The Balaban J connectivity index is 1.50. The first kappa shape index (κ1) is 17.1. The van der Waals surface area contributed by atoms with Crippen molar-refractivity contribution in [2.75, 3.05) is 13.7 Å². The number of thiophene rings is 1. The molecule has 0 bridgehead atoms. The number of benzene rings is 1. The van der Waals surface area contributed by atoms with E-state index in [2.05, 4.69) is 9.97 Å². The summed E-state index contributed by atoms with van der Waals surface area (Å²) in [5, 5.41) is 2.45. The van der Waals surface area contributed by atoms with E-state index in [4.69, 9.17) is 16.3 Å². The van der Waals surface area contributed by atoms with Crippen molar-refractivity contribution < 1.29 is 9.53 Å². The maximum absolute atomic E-state index is 12.8. The third kappa shape index (κ3) is 3.20. The number of carbonyl (C=O) groups is 1. The van der Waals surface area contributed by atoms with Gasteiger partial charge in [0.2, 0.25) is 5.91 Å². The zero-order chi connectivity index (χ0) is 18.3. The van der Waals surface area contributed by atoms with E-state index in [1.807, 2.05) is 17.5 Å². The molecule has 0 aliphatic carbocycles. The van der Waals surface area contributed by atoms with E-state index in [1.54, 1.807) is 24.1 Å². The van der Waals surface area contributed by atoms with Crippen molar-refractivity contribution in [3.05, 3.63) is 56.4 Å². The van der Waals surface area contributed by atoms with Crippen LogP contribution in [0.2, 0.25) is 5.02 Å². The van der Waals surface area contributed by atoms with Crippen molar-refractivity contribution in [2.24, 2.45) is 5.92 Å². The SMILES string of the molecule is CN(Cc1nc2ccsc2c(=O)[nH]1)C(=O)C1COc2ccc(Cl)cc2C1. The maximum atomic E-state index is 12.8. The first-order valence-corrected chi connectivity index (χ1v) is 9.39. The Bertz CT molecular complexity index is 1050. The van der Waals surface area contributed by atoms with Crippen LogP contribution in [-0.4, -0.2) is 34.4 Å². The molecule has 1 atom stereocenters. The van der Waals surface area contributed by atoms with Gasteiger partial charge in [0.05, 0.1) is 18.0 Å². The molecule has 0 fully saturated rings. The third-order valence-electron chi connectivity index (χ3n) is 4.41. The number of H-pyrrole nitrogens is 1. The van der Waals surface area contributed by atoms with Crippen LogP contribution in [0.5, 0.6) is 5.75 Å². The van der Waals surface area contributed by atoms with Gasteiger partial charge in [-0.25, -0.2) is 4.98 Å². The molecule has 1 amide bonds. The van der Waals surface area contributed by atoms with Crippen LogP contribution >= 0.6 is 22.9 Å². The van der Waals surface area contributed by atoms with E-state index in [1.165, 1.54) is 11.3 Å². The number of nitrogens with one attached hydrogen (secondary N) is 1. The molecule has 0 spiro atoms. The molecule has 3 aromatic rings. The second-order valence-electron chi connectivity index (χ2n) is 6.31. The zero-order valence-electron chi connectivity index (χ0n) is 14.0. The molecule has 1 aliphatic heterocycles. The molecule has 1 aromatic carbocycles. The maximum Gasteiger partial charge on any atom is 0.268 e. The highest BCUT2D eigenvalue weighted by molar-refractivity contribution is 7.17. The van der Waals surface area contributed by atoms with Gasteiger partial charge in [-0.3, -0.25) is 9.59 Å². The minimum Gasteiger partial charge on any atom is -0.492 e. The van der Waals surface area contributed by atoms with E-state index in [0.717, 1.165) is 11.3 Å². The van der Waals surface area contributed by atoms with Crippen molar-refractivity contribution in [3.8, 4) is 5.75 Å². The zero-order valence-corrected chi connectivity index (χ0v) is 15.6. The van der Waals surface area contributed by atoms with Crippen molar-refractivity contribution in [2.45, 2.75) is 13.0 Å². The summed E-state index contributed by atoms with van der Waals surface area (Å²) in [5.74, 6) is 0.901. The van der Waals surface area contributed by atoms with Gasteiger partial charge >= 0.3 is 0 Å². The molecule has 0 saturated heterocycles. The summed E-state index contributed by atoms with van der Waals surface area (Å²) in [5.41, 5.74) is 1.41. The first-order chi connectivity index (χ1) is 12.5. The van der Waals surface area contributed by atoms with Gasteiger partial charge in [0.1, 0.15) is 22.9 Å². The van der Waals surface area contributed by atoms with E-state index < -0.39 is 0 Å². The Morgan fingerprint density at radius 1 is 1.46 bits per heavy atom. The number of ether oxygens (including phenoxy) is 1. The van der Waals surface area contributed by atoms with Gasteiger partial charge < -0.3 is 14.6 Å². The molecular formula is C18H16ClN3O3S. The largest absolute Gasteiger partial charge is 0.492 e. The van der Waals surface area contributed by atoms with E-state index >= 15 is 0 Å². The first-order valence-electron chi connectivity index (χ1n) is 8.14. The highest BCUT2D eigenvalue weighted by Crippen LogP contribution is 2.30. The average Bonchev–Trinajstić information content (AvgIpc) is 3.09. The van der Waals surface area contributed by atoms with Gasteiger partial charge in [-0.1, -0.05) is 11.6 Å². The Kier molecular flexibility index (Phi) is 4.42. The summed E-state index contributed by atoms with van der Waals surface area (Å²) in [4.78, 5) is 33.6. The number of halogens is 1. The van der Waals surface area contributed by atoms with Crippen LogP contribution in [0.4, 0.5) is 0 Å². The van der Waals surface area contributed by atoms with Crippen molar-refractivity contribution in [1.29, 1.82) is 0 Å². The molecule has 2 aromatic heterocycles. The molecule has 0 radical (unpaired) electrons. The molecule has 3 heterocycles. The van der Waals surface area contributed by atoms with Crippen LogP contribution in [0.3, 0.4) is 0 Å². The summed E-state index contributed by atoms with van der Waals surface area (Å²) in [7, 11) is 1.70. The van der Waals surface area contributed by atoms with Crippen LogP contribution in [0.25, 0.3) is 10.2 Å². The molecule has 1 aliphatic rings. The Morgan fingerprint density at radius 2 is 2.31 bits per heavy atom. The molecule has 6 nitrogen and oxygen atoms in total. The minimum atomic E-state index is -0.289. The lowest BCUT2D eigenvalue weighted by Crippen LogP contribution is -2.38. The second-order valence-corrected chi connectivity index (χ2v) is 7.66. The predicted molar refractivity (Wildman–Crippen MR) is 101 cm³/mol. The lowest BCUT2D eigenvalue weighted by atomic mass is 9.95. The molecule has 134 valence electrons. The van der Waals surface area contributed by atoms with Crippen LogP contribution in [0.1, 0.15) is 11.4 Å². The van der Waals surface area contributed by atoms with Crippen molar-refractivity contribution in [1.82, 2.24) is 14.9 Å². The van der Waals surface area contributed by atoms with Crippen molar-refractivity contribution in [3.63, 3.8) is 0 Å². The van der Waals surface area contributed by atoms with E-state index in [-0.39, 0.29) is 23.9 Å². The van der Waals surface area contributed by atoms with Crippen LogP contribution in [0, 0.1) is 5.92 Å². The average molecular weight is 390 g/mol. The standard InChI is InChI=1S/C18H16ClN3O3S/c1-22(8-15-20-13-4-5-26-16(13)17(23)21-15)18(24)11-6-10-7-12(19)2-3-14(10)25-9-11/h2-5,7,11H,6,8-9H2,1H3,(H,20,21,23). The number of aromatic amines is 1. The molecule has 26 heavy (non-hydrogen) atoms. The van der Waals surface area contributed by atoms with E-state index in [9.17, 15) is 9.59 Å². The lowest BCUT2D eigenvalue weighted by Gasteiger charge is -2.28. The Hall–Kier alpha value is -2.38. The number of fused-ring (bicyclic) bond motifs is 2. The number of hydrogen-bond donors (Lipinski definition) is 1. The quantitative estimate of drug-likeness (QED) is 0.747. The normalized spacial score (nSPS) is 16.2. The van der Waals surface area contributed by atoms with E-state index in [0.29, 0.717) is 34.1 Å².